The Labute approximate surface area is 106 Å². The quantitative estimate of drug-likeness (QED) is 0.885. The van der Waals surface area contributed by atoms with E-state index in [4.69, 9.17) is 23.2 Å². The van der Waals surface area contributed by atoms with Gasteiger partial charge in [0.15, 0.2) is 5.82 Å². The first kappa shape index (κ1) is 11.8. The molecule has 17 heavy (non-hydrogen) atoms. The summed E-state index contributed by atoms with van der Waals surface area (Å²) in [7, 11) is 0. The number of amides is 1. The SMILES string of the molecule is O=C(NCc1nn[nH]n1)c1cc(Cl)cc(Cl)c1. The average molecular weight is 272 g/mol. The summed E-state index contributed by atoms with van der Waals surface area (Å²) in [5.41, 5.74) is 0.381. The number of H-pyrrole nitrogens is 1. The number of hydrogen-bond donors (Lipinski definition) is 2. The second kappa shape index (κ2) is 5.11. The van der Waals surface area contributed by atoms with Crippen molar-refractivity contribution in [3.05, 3.63) is 39.6 Å². The summed E-state index contributed by atoms with van der Waals surface area (Å²) in [4.78, 5) is 11.7. The molecule has 0 aliphatic rings. The van der Waals surface area contributed by atoms with Crippen molar-refractivity contribution in [2.24, 2.45) is 0 Å². The van der Waals surface area contributed by atoms with E-state index in [0.29, 0.717) is 21.4 Å². The van der Waals surface area contributed by atoms with E-state index >= 15 is 0 Å². The number of aromatic amines is 1. The van der Waals surface area contributed by atoms with Gasteiger partial charge < -0.3 is 5.32 Å². The van der Waals surface area contributed by atoms with Crippen molar-refractivity contribution in [3.8, 4) is 0 Å². The fourth-order valence-corrected chi connectivity index (χ4v) is 1.73. The van der Waals surface area contributed by atoms with Crippen LogP contribution in [0.5, 0.6) is 0 Å². The van der Waals surface area contributed by atoms with Gasteiger partial charge in [-0.1, -0.05) is 28.4 Å². The van der Waals surface area contributed by atoms with Crippen LogP contribution in [0.4, 0.5) is 0 Å². The van der Waals surface area contributed by atoms with E-state index in [1.807, 2.05) is 0 Å². The fourth-order valence-electron chi connectivity index (χ4n) is 1.20. The number of carbonyl (C=O) groups is 1. The zero-order valence-electron chi connectivity index (χ0n) is 8.44. The first-order valence-corrected chi connectivity index (χ1v) is 5.37. The third-order valence-electron chi connectivity index (χ3n) is 1.92. The largest absolute Gasteiger partial charge is 0.345 e. The molecule has 8 heteroatoms. The van der Waals surface area contributed by atoms with E-state index in [1.165, 1.54) is 12.1 Å². The van der Waals surface area contributed by atoms with E-state index in [0.717, 1.165) is 0 Å². The Morgan fingerprint density at radius 2 is 2.00 bits per heavy atom. The van der Waals surface area contributed by atoms with Gasteiger partial charge in [0.2, 0.25) is 0 Å². The van der Waals surface area contributed by atoms with Crippen LogP contribution in [-0.4, -0.2) is 26.5 Å². The molecule has 6 nitrogen and oxygen atoms in total. The zero-order valence-corrected chi connectivity index (χ0v) is 9.96. The molecule has 0 unspecified atom stereocenters. The van der Waals surface area contributed by atoms with Crippen molar-refractivity contribution in [1.82, 2.24) is 25.9 Å². The van der Waals surface area contributed by atoms with Crippen LogP contribution in [-0.2, 0) is 6.54 Å². The summed E-state index contributed by atoms with van der Waals surface area (Å²) in [5.74, 6) is 0.0886. The first-order valence-electron chi connectivity index (χ1n) is 4.62. The lowest BCUT2D eigenvalue weighted by molar-refractivity contribution is 0.0950. The number of tetrazole rings is 1. The van der Waals surface area contributed by atoms with Crippen molar-refractivity contribution in [1.29, 1.82) is 0 Å². The first-order chi connectivity index (χ1) is 8.15. The summed E-state index contributed by atoms with van der Waals surface area (Å²) in [6.07, 6.45) is 0. The molecule has 1 amide bonds. The fraction of sp³-hybridized carbons (Fsp3) is 0.111. The molecule has 0 aliphatic carbocycles. The van der Waals surface area contributed by atoms with Gasteiger partial charge in [-0.25, -0.2) is 0 Å². The molecule has 0 saturated heterocycles. The van der Waals surface area contributed by atoms with Crippen LogP contribution < -0.4 is 5.32 Å². The summed E-state index contributed by atoms with van der Waals surface area (Å²) in [5, 5.41) is 16.5. The summed E-state index contributed by atoms with van der Waals surface area (Å²) in [6.45, 7) is 0.180. The Bertz CT molecular complexity index is 508. The number of nitrogens with one attached hydrogen (secondary N) is 2. The molecule has 0 atom stereocenters. The van der Waals surface area contributed by atoms with Gasteiger partial charge in [0.05, 0.1) is 6.54 Å². The predicted molar refractivity (Wildman–Crippen MR) is 61.8 cm³/mol. The molecule has 1 aromatic carbocycles. The van der Waals surface area contributed by atoms with Gasteiger partial charge in [0.1, 0.15) is 0 Å². The van der Waals surface area contributed by atoms with Crippen molar-refractivity contribution < 1.29 is 4.79 Å². The van der Waals surface area contributed by atoms with E-state index in [1.54, 1.807) is 6.07 Å². The van der Waals surface area contributed by atoms with Gasteiger partial charge in [-0.3, -0.25) is 4.79 Å². The van der Waals surface area contributed by atoms with Crippen molar-refractivity contribution in [3.63, 3.8) is 0 Å². The van der Waals surface area contributed by atoms with E-state index in [-0.39, 0.29) is 12.5 Å². The van der Waals surface area contributed by atoms with Gasteiger partial charge in [0.25, 0.3) is 5.91 Å². The van der Waals surface area contributed by atoms with Crippen LogP contribution in [0.2, 0.25) is 10.0 Å². The summed E-state index contributed by atoms with van der Waals surface area (Å²) < 4.78 is 0. The molecule has 0 spiro atoms. The molecule has 0 aliphatic heterocycles. The van der Waals surface area contributed by atoms with E-state index in [2.05, 4.69) is 25.9 Å². The topological polar surface area (TPSA) is 83.6 Å². The van der Waals surface area contributed by atoms with Gasteiger partial charge in [-0.2, -0.15) is 5.21 Å². The molecule has 2 rings (SSSR count). The number of benzene rings is 1. The second-order valence-corrected chi connectivity index (χ2v) is 4.04. The van der Waals surface area contributed by atoms with Crippen LogP contribution in [0.15, 0.2) is 18.2 Å². The highest BCUT2D eigenvalue weighted by Gasteiger charge is 2.08. The minimum Gasteiger partial charge on any atom is -0.345 e. The average Bonchev–Trinajstić information content (AvgIpc) is 2.77. The van der Waals surface area contributed by atoms with Crippen LogP contribution in [0.3, 0.4) is 0 Å². The minimum absolute atomic E-state index is 0.180. The molecule has 2 N–H and O–H groups in total. The Morgan fingerprint density at radius 3 is 2.59 bits per heavy atom. The van der Waals surface area contributed by atoms with Gasteiger partial charge in [-0.05, 0) is 18.2 Å². The highest BCUT2D eigenvalue weighted by atomic mass is 35.5. The van der Waals surface area contributed by atoms with E-state index in [9.17, 15) is 4.79 Å². The zero-order chi connectivity index (χ0) is 12.3. The molecule has 0 bridgehead atoms. The standard InChI is InChI=1S/C9H7Cl2N5O/c10-6-1-5(2-7(11)3-6)9(17)12-4-8-13-15-16-14-8/h1-3H,4H2,(H,12,17)(H,13,14,15,16). The number of halogens is 2. The number of nitrogens with zero attached hydrogens (tertiary/aromatic N) is 3. The van der Waals surface area contributed by atoms with Crippen LogP contribution in [0.25, 0.3) is 0 Å². The van der Waals surface area contributed by atoms with Gasteiger partial charge in [-0.15, -0.1) is 10.2 Å². The van der Waals surface area contributed by atoms with Crippen molar-refractivity contribution in [2.45, 2.75) is 6.54 Å². The maximum absolute atomic E-state index is 11.7. The monoisotopic (exact) mass is 271 g/mol. The summed E-state index contributed by atoms with van der Waals surface area (Å²) >= 11 is 11.6. The normalized spacial score (nSPS) is 10.2. The Kier molecular flexibility index (Phi) is 3.55. The maximum Gasteiger partial charge on any atom is 0.251 e. The molecular weight excluding hydrogens is 265 g/mol. The number of rotatable bonds is 3. The molecule has 0 fully saturated rings. The van der Waals surface area contributed by atoms with E-state index < -0.39 is 0 Å². The third-order valence-corrected chi connectivity index (χ3v) is 2.36. The van der Waals surface area contributed by atoms with Crippen molar-refractivity contribution >= 4 is 29.1 Å². The van der Waals surface area contributed by atoms with Crippen LogP contribution in [0, 0.1) is 0 Å². The van der Waals surface area contributed by atoms with Crippen LogP contribution >= 0.6 is 23.2 Å². The Hall–Kier alpha value is -1.66. The lowest BCUT2D eigenvalue weighted by Crippen LogP contribution is -2.23. The van der Waals surface area contributed by atoms with Crippen molar-refractivity contribution in [2.75, 3.05) is 0 Å². The minimum atomic E-state index is -0.306. The lowest BCUT2D eigenvalue weighted by Gasteiger charge is -2.03. The summed E-state index contributed by atoms with van der Waals surface area (Å²) in [6, 6.07) is 4.61. The number of carbonyl (C=O) groups excluding carboxylic acids is 1. The third kappa shape index (κ3) is 3.15. The highest BCUT2D eigenvalue weighted by molar-refractivity contribution is 6.35. The predicted octanol–water partition coefficient (Wildman–Crippen LogP) is 1.44. The maximum atomic E-state index is 11.7. The Balaban J connectivity index is 2.04. The number of hydrogen-bond acceptors (Lipinski definition) is 4. The molecule has 1 heterocycles. The van der Waals surface area contributed by atoms with Crippen LogP contribution in [0.1, 0.15) is 16.2 Å². The van der Waals surface area contributed by atoms with Gasteiger partial charge >= 0.3 is 0 Å². The molecule has 0 saturated carbocycles. The molecular formula is C9H7Cl2N5O. The molecule has 2 aromatic rings. The molecule has 88 valence electrons. The Morgan fingerprint density at radius 1 is 1.29 bits per heavy atom. The molecule has 1 aromatic heterocycles. The highest BCUT2D eigenvalue weighted by Crippen LogP contribution is 2.18. The molecule has 0 radical (unpaired) electrons. The smallest absolute Gasteiger partial charge is 0.251 e. The lowest BCUT2D eigenvalue weighted by atomic mass is 10.2. The second-order valence-electron chi connectivity index (χ2n) is 3.17. The van der Waals surface area contributed by atoms with Gasteiger partial charge in [0, 0.05) is 15.6 Å². The number of aromatic nitrogens is 4.